The Bertz CT molecular complexity index is 847. The predicted octanol–water partition coefficient (Wildman–Crippen LogP) is 0.705. The molecule has 10 heteroatoms. The SMILES string of the molecule is CCCC[NH3+].CCCC[NH3+].O=S(=O)([O-])c1cccc2c(S(=O)(=O)[O-])cccc12. The lowest BCUT2D eigenvalue weighted by atomic mass is 10.1. The van der Waals surface area contributed by atoms with Gasteiger partial charge >= 0.3 is 0 Å². The Morgan fingerprint density at radius 3 is 1.21 bits per heavy atom. The summed E-state index contributed by atoms with van der Waals surface area (Å²) in [7, 11) is -9.48. The van der Waals surface area contributed by atoms with E-state index in [0.29, 0.717) is 0 Å². The van der Waals surface area contributed by atoms with Gasteiger partial charge in [-0.25, -0.2) is 16.8 Å². The molecule has 8 nitrogen and oxygen atoms in total. The maximum Gasteiger partial charge on any atom is 0.125 e. The molecule has 0 aliphatic heterocycles. The van der Waals surface area contributed by atoms with Crippen LogP contribution in [0.4, 0.5) is 0 Å². The summed E-state index contributed by atoms with van der Waals surface area (Å²) in [5.74, 6) is 0. The summed E-state index contributed by atoms with van der Waals surface area (Å²) in [5, 5.41) is -0.158. The van der Waals surface area contributed by atoms with Crippen molar-refractivity contribution in [3.8, 4) is 0 Å². The minimum atomic E-state index is -4.74. The first kappa shape index (κ1) is 26.4. The molecule has 0 unspecified atom stereocenters. The molecule has 0 bridgehead atoms. The molecule has 0 saturated carbocycles. The second-order valence-corrected chi connectivity index (χ2v) is 8.63. The molecule has 160 valence electrons. The van der Waals surface area contributed by atoms with Gasteiger partial charge in [0.2, 0.25) is 0 Å². The normalized spacial score (nSPS) is 11.2. The van der Waals surface area contributed by atoms with Crippen LogP contribution < -0.4 is 11.5 Å². The van der Waals surface area contributed by atoms with Gasteiger partial charge in [0.1, 0.15) is 20.2 Å². The van der Waals surface area contributed by atoms with Crippen molar-refractivity contribution in [1.82, 2.24) is 0 Å². The van der Waals surface area contributed by atoms with Gasteiger partial charge in [-0.15, -0.1) is 0 Å². The zero-order valence-electron chi connectivity index (χ0n) is 16.4. The lowest BCUT2D eigenvalue weighted by molar-refractivity contribution is -0.368. The van der Waals surface area contributed by atoms with E-state index in [1.54, 1.807) is 0 Å². The molecule has 0 aliphatic rings. The van der Waals surface area contributed by atoms with Gasteiger partial charge in [-0.05, 0) is 25.0 Å². The van der Waals surface area contributed by atoms with Crippen LogP contribution in [-0.2, 0) is 20.2 Å². The summed E-state index contributed by atoms with van der Waals surface area (Å²) in [5.41, 5.74) is 7.35. The average Bonchev–Trinajstić information content (AvgIpc) is 2.61. The molecule has 2 rings (SSSR count). The fourth-order valence-corrected chi connectivity index (χ4v) is 3.57. The van der Waals surface area contributed by atoms with Crippen molar-refractivity contribution in [3.05, 3.63) is 36.4 Å². The number of hydrogen-bond acceptors (Lipinski definition) is 6. The monoisotopic (exact) mass is 434 g/mol. The number of quaternary nitrogens is 2. The molecule has 0 spiro atoms. The highest BCUT2D eigenvalue weighted by Crippen LogP contribution is 2.27. The van der Waals surface area contributed by atoms with Gasteiger partial charge in [-0.1, -0.05) is 51.0 Å². The fraction of sp³-hybridized carbons (Fsp3) is 0.444. The number of benzene rings is 2. The van der Waals surface area contributed by atoms with Crippen LogP contribution >= 0.6 is 0 Å². The first-order chi connectivity index (χ1) is 13.0. The second-order valence-electron chi connectivity index (χ2n) is 5.93. The Labute approximate surface area is 167 Å². The van der Waals surface area contributed by atoms with E-state index in [9.17, 15) is 25.9 Å². The summed E-state index contributed by atoms with van der Waals surface area (Å²) in [6.07, 6.45) is 5.12. The summed E-state index contributed by atoms with van der Waals surface area (Å²) in [4.78, 5) is -1.10. The Morgan fingerprint density at radius 1 is 0.714 bits per heavy atom. The molecule has 0 aliphatic carbocycles. The first-order valence-corrected chi connectivity index (χ1v) is 11.9. The van der Waals surface area contributed by atoms with Crippen LogP contribution in [-0.4, -0.2) is 39.0 Å². The maximum absolute atomic E-state index is 11.0. The van der Waals surface area contributed by atoms with E-state index in [0.717, 1.165) is 25.2 Å². The smallest absolute Gasteiger partial charge is 0.125 e. The molecule has 0 aromatic heterocycles. The third-order valence-electron chi connectivity index (χ3n) is 3.59. The minimum Gasteiger partial charge on any atom is -0.744 e. The largest absolute Gasteiger partial charge is 0.744 e. The topological polar surface area (TPSA) is 170 Å². The van der Waals surface area contributed by atoms with Crippen molar-refractivity contribution in [2.75, 3.05) is 13.1 Å². The molecule has 0 saturated heterocycles. The fourth-order valence-electron chi connectivity index (χ4n) is 2.19. The quantitative estimate of drug-likeness (QED) is 0.634. The summed E-state index contributed by atoms with van der Waals surface area (Å²) in [6, 6.07) is 7.09. The van der Waals surface area contributed by atoms with Gasteiger partial charge in [0.05, 0.1) is 22.9 Å². The van der Waals surface area contributed by atoms with E-state index in [1.165, 1.54) is 49.9 Å². The molecular weight excluding hydrogens is 404 g/mol. The van der Waals surface area contributed by atoms with Gasteiger partial charge < -0.3 is 20.6 Å². The van der Waals surface area contributed by atoms with E-state index in [4.69, 9.17) is 0 Å². The lowest BCUT2D eigenvalue weighted by Crippen LogP contribution is -2.49. The van der Waals surface area contributed by atoms with E-state index < -0.39 is 30.0 Å². The minimum absolute atomic E-state index is 0.0792. The first-order valence-electron chi connectivity index (χ1n) is 9.06. The van der Waals surface area contributed by atoms with Crippen molar-refractivity contribution in [3.63, 3.8) is 0 Å². The molecule has 28 heavy (non-hydrogen) atoms. The molecule has 0 atom stereocenters. The third kappa shape index (κ3) is 9.09. The van der Waals surface area contributed by atoms with Crippen LogP contribution in [0.15, 0.2) is 46.2 Å². The van der Waals surface area contributed by atoms with Gasteiger partial charge in [-0.2, -0.15) is 0 Å². The Hall–Kier alpha value is -1.56. The second kappa shape index (κ2) is 12.8. The molecule has 0 radical (unpaired) electrons. The standard InChI is InChI=1S/C10H8O6S2.2C4H11N/c11-17(12,13)9-5-1-3-7-8(9)4-2-6-10(7)18(14,15)16;2*1-2-3-4-5/h1-6H,(H,11,12,13)(H,14,15,16);2*2-5H2,1H3. The van der Waals surface area contributed by atoms with E-state index >= 15 is 0 Å². The van der Waals surface area contributed by atoms with Crippen molar-refractivity contribution in [2.24, 2.45) is 0 Å². The van der Waals surface area contributed by atoms with Crippen LogP contribution in [0.1, 0.15) is 39.5 Å². The molecule has 2 aromatic rings. The highest BCUT2D eigenvalue weighted by atomic mass is 32.2. The van der Waals surface area contributed by atoms with Crippen LogP contribution in [0.5, 0.6) is 0 Å². The third-order valence-corrected chi connectivity index (χ3v) is 5.38. The van der Waals surface area contributed by atoms with E-state index in [-0.39, 0.29) is 10.8 Å². The van der Waals surface area contributed by atoms with Crippen molar-refractivity contribution >= 4 is 31.0 Å². The highest BCUT2D eigenvalue weighted by Gasteiger charge is 2.12. The number of fused-ring (bicyclic) bond motifs is 1. The zero-order valence-corrected chi connectivity index (χ0v) is 18.0. The molecule has 0 heterocycles. The van der Waals surface area contributed by atoms with Crippen LogP contribution in [0.25, 0.3) is 10.8 Å². The van der Waals surface area contributed by atoms with Gasteiger partial charge in [0, 0.05) is 10.8 Å². The summed E-state index contributed by atoms with van der Waals surface area (Å²) in [6.45, 7) is 6.53. The van der Waals surface area contributed by atoms with E-state index in [1.807, 2.05) is 0 Å². The van der Waals surface area contributed by atoms with Crippen molar-refractivity contribution in [2.45, 2.75) is 49.3 Å². The van der Waals surface area contributed by atoms with E-state index in [2.05, 4.69) is 25.3 Å². The predicted molar refractivity (Wildman–Crippen MR) is 105 cm³/mol. The molecule has 2 aromatic carbocycles. The molecule has 0 fully saturated rings. The van der Waals surface area contributed by atoms with Gasteiger partial charge in [0.25, 0.3) is 0 Å². The Morgan fingerprint density at radius 2 is 1.04 bits per heavy atom. The summed E-state index contributed by atoms with van der Waals surface area (Å²) < 4.78 is 66.1. The Balaban J connectivity index is 0.000000607. The average molecular weight is 435 g/mol. The Kier molecular flexibility index (Phi) is 12.1. The van der Waals surface area contributed by atoms with Crippen molar-refractivity contribution < 1.29 is 37.4 Å². The molecule has 6 N–H and O–H groups in total. The van der Waals surface area contributed by atoms with Gasteiger partial charge in [0.15, 0.2) is 0 Å². The van der Waals surface area contributed by atoms with Crippen LogP contribution in [0.3, 0.4) is 0 Å². The number of hydrogen-bond donors (Lipinski definition) is 2. The lowest BCUT2D eigenvalue weighted by Gasteiger charge is -2.14. The van der Waals surface area contributed by atoms with Crippen LogP contribution in [0, 0.1) is 0 Å². The maximum atomic E-state index is 11.0. The molecular formula is C18H30N2O6S2. The number of unbranched alkanes of at least 4 members (excludes halogenated alkanes) is 2. The van der Waals surface area contributed by atoms with Gasteiger partial charge in [-0.3, -0.25) is 0 Å². The van der Waals surface area contributed by atoms with Crippen LogP contribution in [0.2, 0.25) is 0 Å². The number of rotatable bonds is 6. The summed E-state index contributed by atoms with van der Waals surface area (Å²) >= 11 is 0. The zero-order chi connectivity index (χ0) is 21.8. The van der Waals surface area contributed by atoms with Crippen molar-refractivity contribution in [1.29, 1.82) is 0 Å². The highest BCUT2D eigenvalue weighted by molar-refractivity contribution is 7.86. The molecule has 0 amide bonds.